The monoisotopic (exact) mass is 397 g/mol. The molecule has 8 heteroatoms. The first-order valence-electron chi connectivity index (χ1n) is 9.06. The van der Waals surface area contributed by atoms with Crippen LogP contribution in [0.4, 0.5) is 0 Å². The lowest BCUT2D eigenvalue weighted by molar-refractivity contribution is -0.129. The molecule has 7 nitrogen and oxygen atoms in total. The van der Waals surface area contributed by atoms with Gasteiger partial charge in [-0.3, -0.25) is 14.5 Å². The number of aliphatic imine (C=N–C) groups is 1. The van der Waals surface area contributed by atoms with Crippen molar-refractivity contribution in [3.63, 3.8) is 0 Å². The van der Waals surface area contributed by atoms with Crippen LogP contribution in [0.1, 0.15) is 18.4 Å². The van der Waals surface area contributed by atoms with Crippen molar-refractivity contribution in [2.24, 2.45) is 10.9 Å². The first-order chi connectivity index (χ1) is 13.6. The molecule has 3 aliphatic rings. The summed E-state index contributed by atoms with van der Waals surface area (Å²) < 4.78 is 10.7. The van der Waals surface area contributed by atoms with Gasteiger partial charge in [0.25, 0.3) is 0 Å². The van der Waals surface area contributed by atoms with Gasteiger partial charge in [0, 0.05) is 25.6 Å². The molecule has 28 heavy (non-hydrogen) atoms. The van der Waals surface area contributed by atoms with E-state index in [-0.39, 0.29) is 23.7 Å². The average molecular weight is 397 g/mol. The fourth-order valence-corrected chi connectivity index (χ4v) is 3.51. The van der Waals surface area contributed by atoms with E-state index in [1.54, 1.807) is 12.2 Å². The predicted molar refractivity (Wildman–Crippen MR) is 106 cm³/mol. The Morgan fingerprint density at radius 1 is 1.25 bits per heavy atom. The SMILES string of the molecule is O=C(CCCN1C(=O)C2C=C3OCOC3=CC2=NC1=S)NCc1ccccc1. The van der Waals surface area contributed by atoms with Gasteiger partial charge in [-0.05, 0) is 30.3 Å². The number of carbonyl (C=O) groups excluding carboxylic acids is 2. The molecule has 1 atom stereocenters. The second kappa shape index (κ2) is 7.93. The van der Waals surface area contributed by atoms with E-state index in [0.29, 0.717) is 43.2 Å². The number of nitrogens with one attached hydrogen (secondary N) is 1. The zero-order valence-electron chi connectivity index (χ0n) is 15.1. The molecule has 0 spiro atoms. The van der Waals surface area contributed by atoms with Crippen LogP contribution in [0.3, 0.4) is 0 Å². The highest BCUT2D eigenvalue weighted by molar-refractivity contribution is 7.80. The zero-order valence-corrected chi connectivity index (χ0v) is 15.9. The lowest BCUT2D eigenvalue weighted by Crippen LogP contribution is -2.46. The van der Waals surface area contributed by atoms with Crippen LogP contribution >= 0.6 is 12.2 Å². The minimum absolute atomic E-state index is 0.0627. The standard InChI is InChI=1S/C20H19N3O4S/c24-18(21-11-13-5-2-1-3-6-13)7-4-8-23-19(25)14-9-16-17(27-12-26-16)10-15(14)22-20(23)28/h1-3,5-6,9-10,14H,4,7-8,11-12H2,(H,21,24). The number of amides is 2. The van der Waals surface area contributed by atoms with Gasteiger partial charge in [0.05, 0.1) is 5.71 Å². The Balaban J connectivity index is 1.31. The third-order valence-electron chi connectivity index (χ3n) is 4.69. The lowest BCUT2D eigenvalue weighted by atomic mass is 9.94. The van der Waals surface area contributed by atoms with E-state index in [1.165, 1.54) is 4.90 Å². The summed E-state index contributed by atoms with van der Waals surface area (Å²) in [5.74, 6) is 0.392. The van der Waals surface area contributed by atoms with Crippen LogP contribution in [0.5, 0.6) is 0 Å². The van der Waals surface area contributed by atoms with Crippen molar-refractivity contribution in [2.75, 3.05) is 13.3 Å². The summed E-state index contributed by atoms with van der Waals surface area (Å²) in [6.07, 6.45) is 4.22. The minimum atomic E-state index is -0.529. The van der Waals surface area contributed by atoms with Gasteiger partial charge in [0.1, 0.15) is 5.92 Å². The van der Waals surface area contributed by atoms with Gasteiger partial charge < -0.3 is 14.8 Å². The second-order valence-corrected chi connectivity index (χ2v) is 6.96. The number of nitrogens with zero attached hydrogens (tertiary/aromatic N) is 2. The van der Waals surface area contributed by atoms with E-state index in [4.69, 9.17) is 21.7 Å². The van der Waals surface area contributed by atoms with Gasteiger partial charge in [-0.1, -0.05) is 30.3 Å². The van der Waals surface area contributed by atoms with Gasteiger partial charge >= 0.3 is 0 Å². The molecule has 1 fully saturated rings. The van der Waals surface area contributed by atoms with Crippen molar-refractivity contribution < 1.29 is 19.1 Å². The highest BCUT2D eigenvalue weighted by Gasteiger charge is 2.38. The fraction of sp³-hybridized carbons (Fsp3) is 0.300. The summed E-state index contributed by atoms with van der Waals surface area (Å²) in [6.45, 7) is 0.972. The van der Waals surface area contributed by atoms with E-state index < -0.39 is 5.92 Å². The molecule has 0 saturated carbocycles. The third kappa shape index (κ3) is 3.82. The first-order valence-corrected chi connectivity index (χ1v) is 9.46. The van der Waals surface area contributed by atoms with Crippen LogP contribution in [0.15, 0.2) is 59.0 Å². The Morgan fingerprint density at radius 3 is 2.86 bits per heavy atom. The molecule has 4 rings (SSSR count). The molecular weight excluding hydrogens is 378 g/mol. The largest absolute Gasteiger partial charge is 0.454 e. The van der Waals surface area contributed by atoms with Crippen LogP contribution in [-0.2, 0) is 25.6 Å². The van der Waals surface area contributed by atoms with E-state index in [1.807, 2.05) is 30.3 Å². The van der Waals surface area contributed by atoms with Crippen LogP contribution < -0.4 is 5.32 Å². The number of hydrogen-bond acceptors (Lipinski definition) is 5. The van der Waals surface area contributed by atoms with Crippen molar-refractivity contribution in [3.8, 4) is 0 Å². The molecule has 1 N–H and O–H groups in total. The van der Waals surface area contributed by atoms with Gasteiger partial charge in [0.15, 0.2) is 11.5 Å². The maximum atomic E-state index is 12.8. The molecule has 1 saturated heterocycles. The van der Waals surface area contributed by atoms with Gasteiger partial charge in [-0.15, -0.1) is 0 Å². The lowest BCUT2D eigenvalue weighted by Gasteiger charge is -2.30. The van der Waals surface area contributed by atoms with Crippen molar-refractivity contribution in [1.29, 1.82) is 0 Å². The summed E-state index contributed by atoms with van der Waals surface area (Å²) in [7, 11) is 0. The van der Waals surface area contributed by atoms with E-state index >= 15 is 0 Å². The number of thiocarbonyl (C=S) groups is 1. The van der Waals surface area contributed by atoms with Crippen LogP contribution in [-0.4, -0.2) is 40.9 Å². The Labute approximate surface area is 167 Å². The summed E-state index contributed by atoms with van der Waals surface area (Å²) in [5.41, 5.74) is 1.61. The van der Waals surface area contributed by atoms with Crippen molar-refractivity contribution in [2.45, 2.75) is 19.4 Å². The molecular formula is C20H19N3O4S. The topological polar surface area (TPSA) is 80.2 Å². The van der Waals surface area contributed by atoms with Crippen LogP contribution in [0.25, 0.3) is 0 Å². The molecule has 144 valence electrons. The number of allylic oxidation sites excluding steroid dienone is 1. The third-order valence-corrected chi connectivity index (χ3v) is 5.00. The molecule has 0 radical (unpaired) electrons. The van der Waals surface area contributed by atoms with Gasteiger partial charge in [-0.25, -0.2) is 4.99 Å². The van der Waals surface area contributed by atoms with Crippen LogP contribution in [0.2, 0.25) is 0 Å². The molecule has 1 unspecified atom stereocenters. The number of benzene rings is 1. The number of fused-ring (bicyclic) bond motifs is 2. The number of hydrogen-bond donors (Lipinski definition) is 1. The maximum absolute atomic E-state index is 12.8. The average Bonchev–Trinajstić information content (AvgIpc) is 3.16. The Kier molecular flexibility index (Phi) is 5.21. The normalized spacial score (nSPS) is 20.2. The molecule has 0 aromatic heterocycles. The van der Waals surface area contributed by atoms with E-state index in [9.17, 15) is 9.59 Å². The second-order valence-electron chi connectivity index (χ2n) is 6.60. The molecule has 2 aliphatic heterocycles. The minimum Gasteiger partial charge on any atom is -0.454 e. The highest BCUT2D eigenvalue weighted by Crippen LogP contribution is 2.31. The number of rotatable bonds is 6. The van der Waals surface area contributed by atoms with Gasteiger partial charge in [0.2, 0.25) is 23.7 Å². The Hall–Kier alpha value is -3.00. The number of carbonyl (C=O) groups is 2. The fourth-order valence-electron chi connectivity index (χ4n) is 3.22. The quantitative estimate of drug-likeness (QED) is 0.744. The molecule has 2 heterocycles. The Bertz CT molecular complexity index is 907. The summed E-state index contributed by atoms with van der Waals surface area (Å²) in [4.78, 5) is 30.7. The smallest absolute Gasteiger partial charge is 0.241 e. The summed E-state index contributed by atoms with van der Waals surface area (Å²) >= 11 is 5.28. The van der Waals surface area contributed by atoms with Crippen molar-refractivity contribution in [3.05, 3.63) is 59.6 Å². The molecule has 2 amide bonds. The van der Waals surface area contributed by atoms with E-state index in [2.05, 4.69) is 10.3 Å². The predicted octanol–water partition coefficient (Wildman–Crippen LogP) is 2.05. The maximum Gasteiger partial charge on any atom is 0.241 e. The van der Waals surface area contributed by atoms with Crippen molar-refractivity contribution >= 4 is 34.9 Å². The van der Waals surface area contributed by atoms with Crippen LogP contribution in [0, 0.1) is 5.92 Å². The molecule has 1 aromatic rings. The molecule has 0 bridgehead atoms. The van der Waals surface area contributed by atoms with Crippen molar-refractivity contribution in [1.82, 2.24) is 10.2 Å². The van der Waals surface area contributed by atoms with E-state index in [0.717, 1.165) is 5.56 Å². The summed E-state index contributed by atoms with van der Waals surface area (Å²) in [5, 5.41) is 3.10. The number of ether oxygens (including phenoxy) is 2. The zero-order chi connectivity index (χ0) is 19.5. The summed E-state index contributed by atoms with van der Waals surface area (Å²) in [6, 6.07) is 9.71. The molecule has 1 aromatic carbocycles. The molecule has 1 aliphatic carbocycles. The highest BCUT2D eigenvalue weighted by atomic mass is 32.1. The Morgan fingerprint density at radius 2 is 2.04 bits per heavy atom. The first kappa shape index (κ1) is 18.4. The van der Waals surface area contributed by atoms with Gasteiger partial charge in [-0.2, -0.15) is 0 Å².